The predicted molar refractivity (Wildman–Crippen MR) is 159 cm³/mol. The number of benzene rings is 1. The summed E-state index contributed by atoms with van der Waals surface area (Å²) in [6.45, 7) is 5.01. The zero-order chi connectivity index (χ0) is 28.4. The van der Waals surface area contributed by atoms with Gasteiger partial charge in [-0.1, -0.05) is 30.1 Å². The monoisotopic (exact) mass is 583 g/mol. The van der Waals surface area contributed by atoms with Crippen LogP contribution in [0.3, 0.4) is 0 Å². The van der Waals surface area contributed by atoms with Gasteiger partial charge in [-0.15, -0.1) is 5.73 Å². The summed E-state index contributed by atoms with van der Waals surface area (Å²) in [4.78, 5) is 13.9. The molecule has 5 rings (SSSR count). The van der Waals surface area contributed by atoms with E-state index in [4.69, 9.17) is 34.0 Å². The number of hydrogen-bond donors (Lipinski definition) is 2. The highest BCUT2D eigenvalue weighted by molar-refractivity contribution is 6.36. The Labute approximate surface area is 245 Å². The minimum absolute atomic E-state index is 0.00420. The molecular weight excluding hydrogens is 548 g/mol. The van der Waals surface area contributed by atoms with Gasteiger partial charge in [0.05, 0.1) is 17.3 Å². The van der Waals surface area contributed by atoms with Gasteiger partial charge in [0.2, 0.25) is 5.91 Å². The Hall–Kier alpha value is -2.83. The summed E-state index contributed by atoms with van der Waals surface area (Å²) in [7, 11) is 1.68. The summed E-state index contributed by atoms with van der Waals surface area (Å²) in [6, 6.07) is 3.23. The smallest absolute Gasteiger partial charge is 0.219 e. The molecule has 1 aliphatic heterocycles. The molecule has 0 radical (unpaired) electrons. The number of hydrogen-bond acceptors (Lipinski definition) is 4. The second-order valence-electron chi connectivity index (χ2n) is 11.1. The molecule has 0 spiro atoms. The van der Waals surface area contributed by atoms with Crippen molar-refractivity contribution in [3.8, 4) is 0 Å². The second kappa shape index (κ2) is 12.4. The zero-order valence-corrected chi connectivity index (χ0v) is 24.5. The molecule has 2 heterocycles. The summed E-state index contributed by atoms with van der Waals surface area (Å²) < 4.78 is 16.3. The molecule has 2 aliphatic carbocycles. The molecule has 6 nitrogen and oxygen atoms in total. The number of nitrogens with zero attached hydrogens (tertiary/aromatic N) is 3. The molecule has 3 atom stereocenters. The fraction of sp³-hybridized carbons (Fsp3) is 0.452. The van der Waals surface area contributed by atoms with Crippen LogP contribution in [0, 0.1) is 17.7 Å². The van der Waals surface area contributed by atoms with E-state index in [-0.39, 0.29) is 28.7 Å². The fourth-order valence-corrected chi connectivity index (χ4v) is 6.78. The fourth-order valence-electron chi connectivity index (χ4n) is 6.07. The Bertz CT molecular complexity index is 1400. The third kappa shape index (κ3) is 6.23. The number of likely N-dealkylation sites (tertiary alicyclic amines) is 1. The number of aromatic nitrogens is 2. The molecule has 1 aromatic heterocycles. The molecule has 212 valence electrons. The first-order chi connectivity index (χ1) is 19.3. The van der Waals surface area contributed by atoms with Crippen LogP contribution in [0.2, 0.25) is 10.0 Å². The van der Waals surface area contributed by atoms with Gasteiger partial charge < -0.3 is 16.0 Å². The largest absolute Gasteiger partial charge is 0.398 e. The van der Waals surface area contributed by atoms with Gasteiger partial charge in [0, 0.05) is 55.1 Å². The molecule has 3 N–H and O–H groups in total. The van der Waals surface area contributed by atoms with Crippen molar-refractivity contribution in [1.82, 2.24) is 20.0 Å². The molecule has 1 amide bonds. The number of piperidine rings is 1. The van der Waals surface area contributed by atoms with Gasteiger partial charge in [0.1, 0.15) is 5.82 Å². The van der Waals surface area contributed by atoms with Crippen LogP contribution in [0.4, 0.5) is 4.39 Å². The van der Waals surface area contributed by atoms with Gasteiger partial charge in [0.25, 0.3) is 0 Å². The van der Waals surface area contributed by atoms with Gasteiger partial charge in [-0.2, -0.15) is 5.10 Å². The van der Waals surface area contributed by atoms with Crippen LogP contribution in [0.15, 0.2) is 59.8 Å². The van der Waals surface area contributed by atoms with Crippen molar-refractivity contribution < 1.29 is 9.18 Å². The summed E-state index contributed by atoms with van der Waals surface area (Å²) in [5, 5.41) is 8.00. The number of halogens is 3. The highest BCUT2D eigenvalue weighted by Gasteiger charge is 2.45. The van der Waals surface area contributed by atoms with Crippen molar-refractivity contribution in [3.05, 3.63) is 86.7 Å². The van der Waals surface area contributed by atoms with Crippen LogP contribution in [0.5, 0.6) is 0 Å². The summed E-state index contributed by atoms with van der Waals surface area (Å²) in [5.74, 6) is 0.139. The van der Waals surface area contributed by atoms with E-state index in [2.05, 4.69) is 39.8 Å². The maximum absolute atomic E-state index is 14.2. The number of nitrogens with one attached hydrogen (secondary N) is 1. The van der Waals surface area contributed by atoms with E-state index >= 15 is 0 Å². The molecule has 0 bridgehead atoms. The third-order valence-electron chi connectivity index (χ3n) is 8.56. The predicted octanol–water partition coefficient (Wildman–Crippen LogP) is 6.25. The first-order valence-electron chi connectivity index (χ1n) is 14.0. The molecule has 1 aromatic carbocycles. The van der Waals surface area contributed by atoms with E-state index in [0.717, 1.165) is 62.0 Å². The zero-order valence-electron chi connectivity index (χ0n) is 23.0. The molecule has 3 aliphatic rings. The van der Waals surface area contributed by atoms with E-state index in [9.17, 15) is 9.18 Å². The number of carbonyl (C=O) groups is 1. The molecule has 1 saturated carbocycles. The molecule has 9 heteroatoms. The van der Waals surface area contributed by atoms with Gasteiger partial charge in [-0.25, -0.2) is 4.39 Å². The average molecular weight is 585 g/mol. The Morgan fingerprint density at radius 2 is 2.05 bits per heavy atom. The van der Waals surface area contributed by atoms with Gasteiger partial charge >= 0.3 is 0 Å². The van der Waals surface area contributed by atoms with E-state index < -0.39 is 5.82 Å². The normalized spacial score (nSPS) is 22.3. The lowest BCUT2D eigenvalue weighted by Gasteiger charge is -2.32. The molecule has 1 saturated heterocycles. The van der Waals surface area contributed by atoms with Crippen molar-refractivity contribution in [2.75, 3.05) is 26.7 Å². The van der Waals surface area contributed by atoms with E-state index in [0.29, 0.717) is 28.7 Å². The van der Waals surface area contributed by atoms with Gasteiger partial charge in [0.15, 0.2) is 0 Å². The van der Waals surface area contributed by atoms with Crippen molar-refractivity contribution >= 4 is 34.7 Å². The Kier molecular flexibility index (Phi) is 8.86. The highest BCUT2D eigenvalue weighted by atomic mass is 35.5. The lowest BCUT2D eigenvalue weighted by Crippen LogP contribution is -2.35. The van der Waals surface area contributed by atoms with Crippen LogP contribution in [0.25, 0.3) is 5.57 Å². The van der Waals surface area contributed by atoms with Crippen molar-refractivity contribution in [2.24, 2.45) is 17.6 Å². The Morgan fingerprint density at radius 1 is 1.27 bits per heavy atom. The minimum atomic E-state index is -0.448. The first kappa shape index (κ1) is 28.7. The highest BCUT2D eigenvalue weighted by Crippen LogP contribution is 2.55. The SMILES string of the molecule is CNC(=O)CCCN1CCC(n2cc(C3=CC(C4CC4C(C)c4c(Cl)ccc(F)c4Cl)=C(N)C=C=C3)cn2)CC1. The molecule has 40 heavy (non-hydrogen) atoms. The van der Waals surface area contributed by atoms with Crippen LogP contribution in [-0.4, -0.2) is 47.3 Å². The average Bonchev–Trinajstić information content (AvgIpc) is 3.64. The van der Waals surface area contributed by atoms with E-state index in [1.54, 1.807) is 13.1 Å². The summed E-state index contributed by atoms with van der Waals surface area (Å²) in [6.07, 6.45) is 14.4. The van der Waals surface area contributed by atoms with Crippen LogP contribution >= 0.6 is 23.2 Å². The van der Waals surface area contributed by atoms with Crippen molar-refractivity contribution in [2.45, 2.75) is 51.0 Å². The van der Waals surface area contributed by atoms with Crippen LogP contribution < -0.4 is 11.1 Å². The topological polar surface area (TPSA) is 76.2 Å². The van der Waals surface area contributed by atoms with E-state index in [1.807, 2.05) is 18.3 Å². The molecule has 2 aromatic rings. The third-order valence-corrected chi connectivity index (χ3v) is 9.28. The number of rotatable bonds is 9. The van der Waals surface area contributed by atoms with Crippen molar-refractivity contribution in [3.63, 3.8) is 0 Å². The number of carbonyl (C=O) groups excluding carboxylic acids is 1. The first-order valence-corrected chi connectivity index (χ1v) is 14.8. The second-order valence-corrected chi connectivity index (χ2v) is 11.9. The lowest BCUT2D eigenvalue weighted by molar-refractivity contribution is -0.120. The summed E-state index contributed by atoms with van der Waals surface area (Å²) in [5.41, 5.74) is 14.2. The van der Waals surface area contributed by atoms with Crippen LogP contribution in [0.1, 0.15) is 62.1 Å². The van der Waals surface area contributed by atoms with E-state index in [1.165, 1.54) is 6.07 Å². The number of amides is 1. The maximum Gasteiger partial charge on any atom is 0.219 e. The number of allylic oxidation sites excluding steroid dienone is 4. The molecule has 3 unspecified atom stereocenters. The molecule has 2 fully saturated rings. The standard InChI is InChI=1S/C31H36Cl2FN5O/c1-19(30-26(32)8-9-27(34)31(30)33)23-16-24(23)25-15-20(5-3-6-28(25)35)21-17-37-39(18-21)22-10-13-38(14-11-22)12-4-7-29(40)36-2/h5-6,8-9,15,17-19,22-24H,4,7,10-14,16,35H2,1-2H3,(H,36,40). The van der Waals surface area contributed by atoms with Gasteiger partial charge in [-0.05, 0) is 91.0 Å². The van der Waals surface area contributed by atoms with Crippen LogP contribution in [-0.2, 0) is 4.79 Å². The Balaban J connectivity index is 1.24. The maximum atomic E-state index is 14.2. The van der Waals surface area contributed by atoms with Gasteiger partial charge in [-0.3, -0.25) is 9.48 Å². The van der Waals surface area contributed by atoms with Crippen molar-refractivity contribution in [1.29, 1.82) is 0 Å². The number of nitrogens with two attached hydrogens (primary N) is 1. The molecular formula is C31H36Cl2FN5O. The summed E-state index contributed by atoms with van der Waals surface area (Å²) >= 11 is 12.7. The minimum Gasteiger partial charge on any atom is -0.398 e. The lowest BCUT2D eigenvalue weighted by atomic mass is 9.92. The quantitative estimate of drug-likeness (QED) is 0.270. The Morgan fingerprint density at radius 3 is 2.80 bits per heavy atom.